The van der Waals surface area contributed by atoms with Crippen LogP contribution >= 0.6 is 0 Å². The molecule has 98 valence electrons. The third kappa shape index (κ3) is 3.28. The lowest BCUT2D eigenvalue weighted by Crippen LogP contribution is -2.41. The van der Waals surface area contributed by atoms with Crippen molar-refractivity contribution < 1.29 is 24.7 Å². The SMILES string of the molecule is O=C(N[C@@H](CCO)C(=O)O)c1ccc([N+](=O)[O-])[nH]1. The van der Waals surface area contributed by atoms with E-state index in [9.17, 15) is 19.7 Å². The maximum atomic E-state index is 11.6. The molecule has 0 saturated carbocycles. The highest BCUT2D eigenvalue weighted by molar-refractivity contribution is 5.95. The van der Waals surface area contributed by atoms with E-state index in [0.717, 1.165) is 6.07 Å². The van der Waals surface area contributed by atoms with E-state index in [1.807, 2.05) is 0 Å². The Morgan fingerprint density at radius 3 is 2.61 bits per heavy atom. The number of carbonyl (C=O) groups is 2. The van der Waals surface area contributed by atoms with E-state index in [1.165, 1.54) is 6.07 Å². The first-order valence-corrected chi connectivity index (χ1v) is 4.93. The van der Waals surface area contributed by atoms with Crippen molar-refractivity contribution in [2.24, 2.45) is 0 Å². The first-order valence-electron chi connectivity index (χ1n) is 4.93. The van der Waals surface area contributed by atoms with Crippen molar-refractivity contribution in [1.29, 1.82) is 0 Å². The van der Waals surface area contributed by atoms with E-state index in [0.29, 0.717) is 0 Å². The molecule has 0 fully saturated rings. The maximum Gasteiger partial charge on any atom is 0.326 e. The summed E-state index contributed by atoms with van der Waals surface area (Å²) >= 11 is 0. The fourth-order valence-electron chi connectivity index (χ4n) is 1.25. The molecule has 0 bridgehead atoms. The van der Waals surface area contributed by atoms with Gasteiger partial charge in [-0.05, 0) is 11.0 Å². The number of amides is 1. The Balaban J connectivity index is 2.74. The highest BCUT2D eigenvalue weighted by Crippen LogP contribution is 2.10. The maximum absolute atomic E-state index is 11.6. The lowest BCUT2D eigenvalue weighted by molar-refractivity contribution is -0.389. The summed E-state index contributed by atoms with van der Waals surface area (Å²) < 4.78 is 0. The Hall–Kier alpha value is -2.42. The third-order valence-electron chi connectivity index (χ3n) is 2.13. The number of carboxylic acid groups (broad SMARTS) is 1. The molecule has 0 spiro atoms. The third-order valence-corrected chi connectivity index (χ3v) is 2.13. The number of aliphatic hydroxyl groups excluding tert-OH is 1. The number of nitro groups is 1. The Morgan fingerprint density at radius 1 is 1.50 bits per heavy atom. The first kappa shape index (κ1) is 13.6. The largest absolute Gasteiger partial charge is 0.480 e. The lowest BCUT2D eigenvalue weighted by atomic mass is 10.2. The Bertz CT molecular complexity index is 469. The standard InChI is InChI=1S/C9H11N3O6/c13-4-3-6(9(15)16)11-8(14)5-1-2-7(10-5)12(17)18/h1-2,6,10,13H,3-4H2,(H,11,14)(H,15,16)/t6-/m0/s1. The Labute approximate surface area is 101 Å². The van der Waals surface area contributed by atoms with Gasteiger partial charge in [0.05, 0.1) is 0 Å². The topological polar surface area (TPSA) is 146 Å². The van der Waals surface area contributed by atoms with Crippen molar-refractivity contribution in [3.63, 3.8) is 0 Å². The summed E-state index contributed by atoms with van der Waals surface area (Å²) in [6, 6.07) is 1.02. The van der Waals surface area contributed by atoms with Gasteiger partial charge in [0.25, 0.3) is 5.91 Å². The fourth-order valence-corrected chi connectivity index (χ4v) is 1.25. The molecule has 1 heterocycles. The van der Waals surface area contributed by atoms with Crippen LogP contribution in [0.5, 0.6) is 0 Å². The van der Waals surface area contributed by atoms with E-state index >= 15 is 0 Å². The number of rotatable bonds is 6. The van der Waals surface area contributed by atoms with E-state index in [2.05, 4.69) is 10.3 Å². The molecule has 1 atom stereocenters. The minimum atomic E-state index is -1.29. The zero-order valence-electron chi connectivity index (χ0n) is 9.12. The summed E-state index contributed by atoms with van der Waals surface area (Å²) in [5.74, 6) is -2.45. The van der Waals surface area contributed by atoms with Gasteiger partial charge in [0.2, 0.25) is 0 Å². The minimum Gasteiger partial charge on any atom is -0.480 e. The van der Waals surface area contributed by atoms with Crippen molar-refractivity contribution in [1.82, 2.24) is 10.3 Å². The van der Waals surface area contributed by atoms with Crippen LogP contribution < -0.4 is 5.32 Å². The van der Waals surface area contributed by atoms with E-state index in [4.69, 9.17) is 10.2 Å². The minimum absolute atomic E-state index is 0.120. The molecule has 0 aliphatic rings. The second kappa shape index (κ2) is 5.77. The van der Waals surface area contributed by atoms with Crippen LogP contribution in [-0.4, -0.2) is 44.6 Å². The molecular weight excluding hydrogens is 246 g/mol. The number of aliphatic carboxylic acids is 1. The predicted molar refractivity (Wildman–Crippen MR) is 58.0 cm³/mol. The van der Waals surface area contributed by atoms with Gasteiger partial charge in [-0.3, -0.25) is 4.79 Å². The van der Waals surface area contributed by atoms with Crippen molar-refractivity contribution in [3.05, 3.63) is 27.9 Å². The zero-order chi connectivity index (χ0) is 13.7. The van der Waals surface area contributed by atoms with Crippen molar-refractivity contribution >= 4 is 17.7 Å². The number of hydrogen-bond acceptors (Lipinski definition) is 5. The molecule has 0 saturated heterocycles. The summed E-state index contributed by atoms with van der Waals surface area (Å²) in [5.41, 5.74) is -0.120. The van der Waals surface area contributed by atoms with Gasteiger partial charge < -0.3 is 25.6 Å². The van der Waals surface area contributed by atoms with Gasteiger partial charge in [0.15, 0.2) is 5.69 Å². The fraction of sp³-hybridized carbons (Fsp3) is 0.333. The Morgan fingerprint density at radius 2 is 2.17 bits per heavy atom. The summed E-state index contributed by atoms with van der Waals surface area (Å²) in [6.07, 6.45) is -0.149. The number of hydrogen-bond donors (Lipinski definition) is 4. The molecule has 0 radical (unpaired) electrons. The number of carbonyl (C=O) groups excluding carboxylic acids is 1. The normalized spacial score (nSPS) is 11.8. The van der Waals surface area contributed by atoms with Gasteiger partial charge >= 0.3 is 11.8 Å². The summed E-state index contributed by atoms with van der Waals surface area (Å²) in [4.78, 5) is 34.2. The van der Waals surface area contributed by atoms with Gasteiger partial charge in [0.1, 0.15) is 6.04 Å². The molecule has 4 N–H and O–H groups in total. The summed E-state index contributed by atoms with van der Waals surface area (Å²) in [7, 11) is 0. The number of nitrogens with one attached hydrogen (secondary N) is 2. The first-order chi connectivity index (χ1) is 8.45. The van der Waals surface area contributed by atoms with Gasteiger partial charge in [0, 0.05) is 19.1 Å². The number of aromatic nitrogens is 1. The van der Waals surface area contributed by atoms with E-state index < -0.39 is 29.4 Å². The zero-order valence-corrected chi connectivity index (χ0v) is 9.12. The number of carboxylic acids is 1. The second-order valence-electron chi connectivity index (χ2n) is 3.39. The molecule has 0 aliphatic carbocycles. The molecule has 1 aromatic heterocycles. The number of nitrogens with zero attached hydrogens (tertiary/aromatic N) is 1. The average molecular weight is 257 g/mol. The van der Waals surface area contributed by atoms with Crippen LogP contribution in [-0.2, 0) is 4.79 Å². The van der Waals surface area contributed by atoms with Crippen LogP contribution in [0.25, 0.3) is 0 Å². The molecule has 18 heavy (non-hydrogen) atoms. The van der Waals surface area contributed by atoms with Crippen LogP contribution in [0.2, 0.25) is 0 Å². The quantitative estimate of drug-likeness (QED) is 0.398. The molecule has 9 nitrogen and oxygen atoms in total. The highest BCUT2D eigenvalue weighted by Gasteiger charge is 2.22. The molecule has 1 aromatic rings. The molecule has 9 heteroatoms. The van der Waals surface area contributed by atoms with Crippen LogP contribution in [0.1, 0.15) is 16.9 Å². The van der Waals surface area contributed by atoms with Crippen molar-refractivity contribution in [2.75, 3.05) is 6.61 Å². The van der Waals surface area contributed by atoms with Crippen LogP contribution in [0.15, 0.2) is 12.1 Å². The second-order valence-corrected chi connectivity index (χ2v) is 3.39. The average Bonchev–Trinajstić information content (AvgIpc) is 2.77. The van der Waals surface area contributed by atoms with Crippen LogP contribution in [0.3, 0.4) is 0 Å². The number of aromatic amines is 1. The highest BCUT2D eigenvalue weighted by atomic mass is 16.6. The number of H-pyrrole nitrogens is 1. The molecule has 0 aromatic carbocycles. The lowest BCUT2D eigenvalue weighted by Gasteiger charge is -2.11. The van der Waals surface area contributed by atoms with Crippen LogP contribution in [0.4, 0.5) is 5.82 Å². The van der Waals surface area contributed by atoms with Crippen LogP contribution in [0, 0.1) is 10.1 Å². The predicted octanol–water partition coefficient (Wildman–Crippen LogP) is -0.512. The van der Waals surface area contributed by atoms with Gasteiger partial charge in [-0.15, -0.1) is 0 Å². The molecular formula is C9H11N3O6. The number of aliphatic hydroxyl groups is 1. The molecule has 0 unspecified atom stereocenters. The molecule has 1 amide bonds. The summed E-state index contributed by atoms with van der Waals surface area (Å²) in [5, 5.41) is 29.9. The van der Waals surface area contributed by atoms with Gasteiger partial charge in [-0.2, -0.15) is 0 Å². The van der Waals surface area contributed by atoms with Gasteiger partial charge in [-0.25, -0.2) is 9.78 Å². The molecule has 1 rings (SSSR count). The van der Waals surface area contributed by atoms with E-state index in [1.54, 1.807) is 0 Å². The molecule has 0 aliphatic heterocycles. The van der Waals surface area contributed by atoms with Crippen molar-refractivity contribution in [2.45, 2.75) is 12.5 Å². The Kier molecular flexibility index (Phi) is 4.38. The van der Waals surface area contributed by atoms with E-state index in [-0.39, 0.29) is 17.9 Å². The summed E-state index contributed by atoms with van der Waals surface area (Å²) in [6.45, 7) is -0.401. The smallest absolute Gasteiger partial charge is 0.326 e. The monoisotopic (exact) mass is 257 g/mol. The van der Waals surface area contributed by atoms with Crippen molar-refractivity contribution in [3.8, 4) is 0 Å². The van der Waals surface area contributed by atoms with Gasteiger partial charge in [-0.1, -0.05) is 0 Å².